The van der Waals surface area contributed by atoms with Crippen LogP contribution in [0.5, 0.6) is 0 Å². The molecule has 1 saturated heterocycles. The number of hydrogen-bond donors (Lipinski definition) is 1. The van der Waals surface area contributed by atoms with Gasteiger partial charge in [0.05, 0.1) is 11.0 Å². The molecule has 1 unspecified atom stereocenters. The van der Waals surface area contributed by atoms with E-state index in [4.69, 9.17) is 10.4 Å². The summed E-state index contributed by atoms with van der Waals surface area (Å²) in [5.41, 5.74) is -0.191. The van der Waals surface area contributed by atoms with Crippen LogP contribution >= 0.6 is 0 Å². The predicted molar refractivity (Wildman–Crippen MR) is 61.5 cm³/mol. The summed E-state index contributed by atoms with van der Waals surface area (Å²) >= 11 is 0. The van der Waals surface area contributed by atoms with Crippen LogP contribution in [-0.4, -0.2) is 29.1 Å². The van der Waals surface area contributed by atoms with E-state index < -0.39 is 11.4 Å². The molecular formula is C12H13N3O2. The van der Waals surface area contributed by atoms with Gasteiger partial charge in [-0.15, -0.1) is 0 Å². The zero-order chi connectivity index (χ0) is 12.5. The Kier molecular flexibility index (Phi) is 2.72. The van der Waals surface area contributed by atoms with Crippen LogP contribution in [0, 0.1) is 16.7 Å². The number of nitrogens with zero attached hydrogens (tertiary/aromatic N) is 3. The zero-order valence-corrected chi connectivity index (χ0v) is 9.55. The van der Waals surface area contributed by atoms with Gasteiger partial charge in [-0.1, -0.05) is 0 Å². The largest absolute Gasteiger partial charge is 0.481 e. The van der Waals surface area contributed by atoms with Crippen LogP contribution < -0.4 is 4.90 Å². The second-order valence-electron chi connectivity index (χ2n) is 4.55. The maximum Gasteiger partial charge on any atom is 0.311 e. The first-order valence-electron chi connectivity index (χ1n) is 5.40. The van der Waals surface area contributed by atoms with E-state index in [9.17, 15) is 4.79 Å². The maximum atomic E-state index is 11.1. The first-order chi connectivity index (χ1) is 8.05. The average molecular weight is 231 g/mol. The number of aliphatic carboxylic acids is 1. The van der Waals surface area contributed by atoms with Crippen molar-refractivity contribution in [3.63, 3.8) is 0 Å². The Balaban J connectivity index is 2.15. The molecule has 0 aromatic carbocycles. The highest BCUT2D eigenvalue weighted by molar-refractivity contribution is 5.76. The molecule has 88 valence electrons. The minimum Gasteiger partial charge on any atom is -0.481 e. The van der Waals surface area contributed by atoms with Crippen molar-refractivity contribution >= 4 is 11.8 Å². The van der Waals surface area contributed by atoms with Gasteiger partial charge in [-0.3, -0.25) is 4.79 Å². The number of hydrogen-bond acceptors (Lipinski definition) is 4. The molecule has 1 atom stereocenters. The van der Waals surface area contributed by atoms with E-state index in [2.05, 4.69) is 4.98 Å². The topological polar surface area (TPSA) is 77.2 Å². The molecule has 0 spiro atoms. The molecule has 0 bridgehead atoms. The molecule has 1 aliphatic heterocycles. The molecular weight excluding hydrogens is 218 g/mol. The summed E-state index contributed by atoms with van der Waals surface area (Å²) in [4.78, 5) is 17.2. The van der Waals surface area contributed by atoms with Crippen molar-refractivity contribution in [2.75, 3.05) is 18.0 Å². The van der Waals surface area contributed by atoms with Crippen molar-refractivity contribution in [2.24, 2.45) is 5.41 Å². The van der Waals surface area contributed by atoms with Crippen molar-refractivity contribution in [1.29, 1.82) is 5.26 Å². The van der Waals surface area contributed by atoms with Crippen molar-refractivity contribution in [1.82, 2.24) is 4.98 Å². The standard InChI is InChI=1S/C12H13N3O2/c1-12(11(16)17)4-5-15(8-12)10-3-2-9(6-13)7-14-10/h2-3,7H,4-5,8H2,1H3,(H,16,17). The second-order valence-corrected chi connectivity index (χ2v) is 4.55. The first kappa shape index (κ1) is 11.4. The minimum absolute atomic E-state index is 0.460. The molecule has 5 heteroatoms. The van der Waals surface area contributed by atoms with Gasteiger partial charge >= 0.3 is 5.97 Å². The van der Waals surface area contributed by atoms with Crippen LogP contribution in [0.4, 0.5) is 5.82 Å². The Morgan fingerprint density at radius 2 is 2.41 bits per heavy atom. The van der Waals surface area contributed by atoms with Crippen molar-refractivity contribution in [3.05, 3.63) is 23.9 Å². The fourth-order valence-corrected chi connectivity index (χ4v) is 1.97. The molecule has 5 nitrogen and oxygen atoms in total. The van der Waals surface area contributed by atoms with E-state index in [1.807, 2.05) is 11.0 Å². The van der Waals surface area contributed by atoms with Gasteiger partial charge in [0.25, 0.3) is 0 Å². The number of aromatic nitrogens is 1. The highest BCUT2D eigenvalue weighted by atomic mass is 16.4. The zero-order valence-electron chi connectivity index (χ0n) is 9.55. The molecule has 1 fully saturated rings. The fraction of sp³-hybridized carbons (Fsp3) is 0.417. The lowest BCUT2D eigenvalue weighted by Gasteiger charge is -2.20. The smallest absolute Gasteiger partial charge is 0.311 e. The Morgan fingerprint density at radius 1 is 1.65 bits per heavy atom. The lowest BCUT2D eigenvalue weighted by molar-refractivity contribution is -0.146. The Morgan fingerprint density at radius 3 is 2.88 bits per heavy atom. The Labute approximate surface area is 99.3 Å². The van der Waals surface area contributed by atoms with Crippen LogP contribution in [-0.2, 0) is 4.79 Å². The average Bonchev–Trinajstić information content (AvgIpc) is 2.74. The maximum absolute atomic E-state index is 11.1. The number of anilines is 1. The van der Waals surface area contributed by atoms with Crippen molar-refractivity contribution in [2.45, 2.75) is 13.3 Å². The monoisotopic (exact) mass is 231 g/mol. The normalized spacial score (nSPS) is 23.4. The molecule has 0 radical (unpaired) electrons. The summed E-state index contributed by atoms with van der Waals surface area (Å²) in [6.07, 6.45) is 2.12. The molecule has 0 aliphatic carbocycles. The van der Waals surface area contributed by atoms with Crippen molar-refractivity contribution < 1.29 is 9.90 Å². The third kappa shape index (κ3) is 2.07. The lowest BCUT2D eigenvalue weighted by atomic mass is 9.90. The number of carboxylic acid groups (broad SMARTS) is 1. The molecule has 1 aromatic rings. The fourth-order valence-electron chi connectivity index (χ4n) is 1.97. The summed E-state index contributed by atoms with van der Waals surface area (Å²) in [7, 11) is 0. The summed E-state index contributed by atoms with van der Waals surface area (Å²) in [5.74, 6) is -0.0392. The molecule has 2 heterocycles. The van der Waals surface area contributed by atoms with Crippen LogP contribution in [0.3, 0.4) is 0 Å². The van der Waals surface area contributed by atoms with Crippen LogP contribution in [0.15, 0.2) is 18.3 Å². The summed E-state index contributed by atoms with van der Waals surface area (Å²) in [6.45, 7) is 2.89. The molecule has 0 saturated carbocycles. The third-order valence-electron chi connectivity index (χ3n) is 3.19. The van der Waals surface area contributed by atoms with E-state index in [0.29, 0.717) is 25.1 Å². The van der Waals surface area contributed by atoms with Crippen LogP contribution in [0.25, 0.3) is 0 Å². The van der Waals surface area contributed by atoms with E-state index in [0.717, 1.165) is 5.82 Å². The highest BCUT2D eigenvalue weighted by Crippen LogP contribution is 2.32. The number of pyridine rings is 1. The van der Waals surface area contributed by atoms with Crippen LogP contribution in [0.2, 0.25) is 0 Å². The van der Waals surface area contributed by atoms with E-state index in [-0.39, 0.29) is 0 Å². The molecule has 2 rings (SSSR count). The van der Waals surface area contributed by atoms with E-state index in [1.54, 1.807) is 19.1 Å². The number of nitriles is 1. The Bertz CT molecular complexity index is 478. The van der Waals surface area contributed by atoms with Gasteiger partial charge in [-0.2, -0.15) is 5.26 Å². The van der Waals surface area contributed by atoms with Gasteiger partial charge in [0.15, 0.2) is 0 Å². The van der Waals surface area contributed by atoms with Gasteiger partial charge in [-0.05, 0) is 25.5 Å². The SMILES string of the molecule is CC1(C(=O)O)CCN(c2ccc(C#N)cn2)C1. The van der Waals surface area contributed by atoms with Gasteiger partial charge in [0, 0.05) is 19.3 Å². The lowest BCUT2D eigenvalue weighted by Crippen LogP contribution is -2.31. The molecule has 1 aliphatic rings. The first-order valence-corrected chi connectivity index (χ1v) is 5.40. The van der Waals surface area contributed by atoms with Gasteiger partial charge in [0.2, 0.25) is 0 Å². The molecule has 1 aromatic heterocycles. The molecule has 17 heavy (non-hydrogen) atoms. The van der Waals surface area contributed by atoms with Gasteiger partial charge in [0.1, 0.15) is 11.9 Å². The number of carboxylic acids is 1. The van der Waals surface area contributed by atoms with Gasteiger partial charge in [-0.25, -0.2) is 4.98 Å². The quantitative estimate of drug-likeness (QED) is 0.829. The third-order valence-corrected chi connectivity index (χ3v) is 3.19. The second kappa shape index (κ2) is 4.06. The molecule has 0 amide bonds. The summed E-state index contributed by atoms with van der Waals surface area (Å²) < 4.78 is 0. The minimum atomic E-state index is -0.770. The number of rotatable bonds is 2. The van der Waals surface area contributed by atoms with Crippen LogP contribution in [0.1, 0.15) is 18.9 Å². The Hall–Kier alpha value is -2.09. The van der Waals surface area contributed by atoms with Crippen molar-refractivity contribution in [3.8, 4) is 6.07 Å². The van der Waals surface area contributed by atoms with E-state index >= 15 is 0 Å². The molecule has 1 N–H and O–H groups in total. The van der Waals surface area contributed by atoms with Gasteiger partial charge < -0.3 is 10.0 Å². The summed E-state index contributed by atoms with van der Waals surface area (Å²) in [5, 5.41) is 17.8. The van der Waals surface area contributed by atoms with E-state index in [1.165, 1.54) is 6.20 Å². The highest BCUT2D eigenvalue weighted by Gasteiger charge is 2.40. The predicted octanol–water partition coefficient (Wildman–Crippen LogP) is 1.25. The summed E-state index contributed by atoms with van der Waals surface area (Å²) in [6, 6.07) is 5.45. The number of carbonyl (C=O) groups is 1.